The van der Waals surface area contributed by atoms with Crippen molar-refractivity contribution in [3.05, 3.63) is 30.2 Å². The number of esters is 2. The summed E-state index contributed by atoms with van der Waals surface area (Å²) in [5.41, 5.74) is 6.83. The Balaban J connectivity index is 2.37. The molecular weight excluding hydrogens is 268 g/mol. The topological polar surface area (TPSA) is 132 Å². The van der Waals surface area contributed by atoms with Crippen molar-refractivity contribution >= 4 is 23.9 Å². The molecule has 0 saturated heterocycles. The average molecular weight is 282 g/mol. The van der Waals surface area contributed by atoms with Gasteiger partial charge in [-0.1, -0.05) is 0 Å². The predicted molar refractivity (Wildman–Crippen MR) is 66.0 cm³/mol. The number of rotatable bonds is 6. The van der Waals surface area contributed by atoms with Crippen LogP contribution >= 0.6 is 0 Å². The zero-order valence-corrected chi connectivity index (χ0v) is 10.4. The summed E-state index contributed by atoms with van der Waals surface area (Å²) in [5.74, 6) is -2.10. The lowest BCUT2D eigenvalue weighted by atomic mass is 10.1. The Morgan fingerprint density at radius 1 is 1.50 bits per heavy atom. The second-order valence-electron chi connectivity index (χ2n) is 3.77. The SMILES string of the molecule is N[C@@H](CCC(=O)NO)C(=O)OC(=O)/C=C/c1ccco1. The maximum atomic E-state index is 11.4. The summed E-state index contributed by atoms with van der Waals surface area (Å²) in [6.45, 7) is 0. The number of ether oxygens (including phenoxy) is 1. The van der Waals surface area contributed by atoms with Crippen LogP contribution in [0.25, 0.3) is 6.08 Å². The van der Waals surface area contributed by atoms with Crippen LogP contribution in [0.5, 0.6) is 0 Å². The van der Waals surface area contributed by atoms with Crippen LogP contribution in [0, 0.1) is 0 Å². The third-order valence-corrected chi connectivity index (χ3v) is 2.24. The first kappa shape index (κ1) is 15.6. The lowest BCUT2D eigenvalue weighted by Crippen LogP contribution is -2.35. The van der Waals surface area contributed by atoms with Crippen LogP contribution in [0.2, 0.25) is 0 Å². The van der Waals surface area contributed by atoms with Crippen LogP contribution in [0.15, 0.2) is 28.9 Å². The van der Waals surface area contributed by atoms with Gasteiger partial charge in [-0.05, 0) is 24.6 Å². The largest absolute Gasteiger partial charge is 0.465 e. The molecular formula is C12H14N2O6. The number of nitrogens with one attached hydrogen (secondary N) is 1. The molecule has 108 valence electrons. The number of hydrogen-bond donors (Lipinski definition) is 3. The van der Waals surface area contributed by atoms with Crippen LogP contribution in [0.3, 0.4) is 0 Å². The number of nitrogens with two attached hydrogens (primary N) is 1. The lowest BCUT2D eigenvalue weighted by molar-refractivity contribution is -0.157. The molecule has 8 heteroatoms. The average Bonchev–Trinajstić information content (AvgIpc) is 2.95. The molecule has 0 radical (unpaired) electrons. The van der Waals surface area contributed by atoms with Crippen molar-refractivity contribution in [1.82, 2.24) is 5.48 Å². The molecule has 1 rings (SSSR count). The predicted octanol–water partition coefficient (Wildman–Crippen LogP) is -0.0245. The number of carbonyl (C=O) groups is 3. The zero-order chi connectivity index (χ0) is 15.0. The molecule has 1 aromatic heterocycles. The Bertz CT molecular complexity index is 494. The van der Waals surface area contributed by atoms with Crippen molar-refractivity contribution in [3.63, 3.8) is 0 Å². The zero-order valence-electron chi connectivity index (χ0n) is 10.4. The van der Waals surface area contributed by atoms with Crippen LogP contribution < -0.4 is 11.2 Å². The molecule has 20 heavy (non-hydrogen) atoms. The van der Waals surface area contributed by atoms with Gasteiger partial charge in [0.2, 0.25) is 5.91 Å². The summed E-state index contributed by atoms with van der Waals surface area (Å²) in [5, 5.41) is 8.26. The molecule has 4 N–H and O–H groups in total. The van der Waals surface area contributed by atoms with Crippen LogP contribution in [-0.2, 0) is 19.1 Å². The molecule has 0 aliphatic heterocycles. The van der Waals surface area contributed by atoms with E-state index in [0.717, 1.165) is 6.08 Å². The van der Waals surface area contributed by atoms with Crippen LogP contribution in [0.4, 0.5) is 0 Å². The summed E-state index contributed by atoms with van der Waals surface area (Å²) in [7, 11) is 0. The molecule has 1 aromatic rings. The van der Waals surface area contributed by atoms with E-state index in [1.54, 1.807) is 12.1 Å². The molecule has 0 fully saturated rings. The molecule has 1 amide bonds. The highest BCUT2D eigenvalue weighted by molar-refractivity contribution is 5.96. The van der Waals surface area contributed by atoms with E-state index in [1.807, 2.05) is 0 Å². The minimum atomic E-state index is -1.13. The molecule has 0 unspecified atom stereocenters. The highest BCUT2D eigenvalue weighted by Gasteiger charge is 2.18. The molecule has 0 spiro atoms. The minimum Gasteiger partial charge on any atom is -0.465 e. The van der Waals surface area contributed by atoms with Gasteiger partial charge in [-0.2, -0.15) is 0 Å². The Labute approximate surface area is 114 Å². The monoisotopic (exact) mass is 282 g/mol. The van der Waals surface area contributed by atoms with Crippen molar-refractivity contribution in [3.8, 4) is 0 Å². The van der Waals surface area contributed by atoms with E-state index in [9.17, 15) is 14.4 Å². The lowest BCUT2D eigenvalue weighted by Gasteiger charge is -2.08. The van der Waals surface area contributed by atoms with Gasteiger partial charge < -0.3 is 14.9 Å². The molecule has 1 atom stereocenters. The van der Waals surface area contributed by atoms with E-state index < -0.39 is 23.9 Å². The number of hydroxylamine groups is 1. The summed E-state index contributed by atoms with van der Waals surface area (Å²) >= 11 is 0. The van der Waals surface area contributed by atoms with Crippen molar-refractivity contribution < 1.29 is 28.7 Å². The summed E-state index contributed by atoms with van der Waals surface area (Å²) < 4.78 is 9.39. The first-order chi connectivity index (χ1) is 9.52. The van der Waals surface area contributed by atoms with Gasteiger partial charge in [-0.3, -0.25) is 10.0 Å². The summed E-state index contributed by atoms with van der Waals surface area (Å²) in [4.78, 5) is 33.4. The molecule has 8 nitrogen and oxygen atoms in total. The standard InChI is InChI=1S/C12H14N2O6/c13-9(4-5-10(15)14-18)12(17)20-11(16)6-3-8-2-1-7-19-8/h1-3,6-7,9,18H,4-5,13H2,(H,14,15)/b6-3+/t9-/m0/s1. The number of carbonyl (C=O) groups excluding carboxylic acids is 3. The Morgan fingerprint density at radius 2 is 2.25 bits per heavy atom. The van der Waals surface area contributed by atoms with Gasteiger partial charge in [0.1, 0.15) is 11.8 Å². The Morgan fingerprint density at radius 3 is 2.85 bits per heavy atom. The van der Waals surface area contributed by atoms with Gasteiger partial charge >= 0.3 is 11.9 Å². The van der Waals surface area contributed by atoms with Gasteiger partial charge in [0.25, 0.3) is 0 Å². The summed E-state index contributed by atoms with van der Waals surface area (Å²) in [6.07, 6.45) is 3.56. The minimum absolute atomic E-state index is 0.0552. The molecule has 0 aromatic carbocycles. The van der Waals surface area contributed by atoms with E-state index in [0.29, 0.717) is 5.76 Å². The van der Waals surface area contributed by atoms with Gasteiger partial charge in [0.15, 0.2) is 0 Å². The first-order valence-electron chi connectivity index (χ1n) is 5.68. The highest BCUT2D eigenvalue weighted by Crippen LogP contribution is 2.03. The van der Waals surface area contributed by atoms with Crippen molar-refractivity contribution in [2.45, 2.75) is 18.9 Å². The molecule has 0 aliphatic carbocycles. The van der Waals surface area contributed by atoms with E-state index >= 15 is 0 Å². The number of hydrogen-bond acceptors (Lipinski definition) is 7. The highest BCUT2D eigenvalue weighted by atomic mass is 16.6. The first-order valence-corrected chi connectivity index (χ1v) is 5.68. The fourth-order valence-corrected chi connectivity index (χ4v) is 1.21. The van der Waals surface area contributed by atoms with Gasteiger partial charge in [0, 0.05) is 12.5 Å². The van der Waals surface area contributed by atoms with Crippen LogP contribution in [0.1, 0.15) is 18.6 Å². The van der Waals surface area contributed by atoms with Gasteiger partial charge in [-0.15, -0.1) is 0 Å². The molecule has 1 heterocycles. The Kier molecular flexibility index (Phi) is 6.14. The molecule has 0 saturated carbocycles. The quantitative estimate of drug-likeness (QED) is 0.219. The normalized spacial score (nSPS) is 12.1. The smallest absolute Gasteiger partial charge is 0.338 e. The molecule has 0 aliphatic rings. The van der Waals surface area contributed by atoms with E-state index in [4.69, 9.17) is 15.4 Å². The summed E-state index contributed by atoms with van der Waals surface area (Å²) in [6, 6.07) is 2.12. The fraction of sp³-hybridized carbons (Fsp3) is 0.250. The van der Waals surface area contributed by atoms with Crippen molar-refractivity contribution in [1.29, 1.82) is 0 Å². The fourth-order valence-electron chi connectivity index (χ4n) is 1.21. The maximum Gasteiger partial charge on any atom is 0.338 e. The number of amides is 1. The Hall–Kier alpha value is -2.45. The third kappa shape index (κ3) is 5.46. The number of furan rings is 1. The van der Waals surface area contributed by atoms with Crippen LogP contribution in [-0.4, -0.2) is 29.1 Å². The van der Waals surface area contributed by atoms with Gasteiger partial charge in [-0.25, -0.2) is 15.1 Å². The van der Waals surface area contributed by atoms with E-state index in [-0.39, 0.29) is 12.8 Å². The van der Waals surface area contributed by atoms with E-state index in [1.165, 1.54) is 17.8 Å². The second kappa shape index (κ2) is 7.87. The maximum absolute atomic E-state index is 11.4. The second-order valence-corrected chi connectivity index (χ2v) is 3.77. The van der Waals surface area contributed by atoms with Crippen molar-refractivity contribution in [2.75, 3.05) is 0 Å². The molecule has 0 bridgehead atoms. The van der Waals surface area contributed by atoms with Gasteiger partial charge in [0.05, 0.1) is 6.26 Å². The third-order valence-electron chi connectivity index (χ3n) is 2.24. The van der Waals surface area contributed by atoms with Crippen molar-refractivity contribution in [2.24, 2.45) is 5.73 Å². The van der Waals surface area contributed by atoms with E-state index in [2.05, 4.69) is 4.74 Å².